The summed E-state index contributed by atoms with van der Waals surface area (Å²) >= 11 is 0. The van der Waals surface area contributed by atoms with E-state index in [9.17, 15) is 15.0 Å². The first-order valence-corrected chi connectivity index (χ1v) is 8.36. The molecule has 2 unspecified atom stereocenters. The third kappa shape index (κ3) is 3.44. The number of hydrogen-bond acceptors (Lipinski definition) is 7. The van der Waals surface area contributed by atoms with Crippen molar-refractivity contribution in [2.24, 2.45) is 5.92 Å². The van der Waals surface area contributed by atoms with E-state index in [2.05, 4.69) is 5.10 Å². The number of nitrogens with zero attached hydrogens (tertiary/aromatic N) is 2. The van der Waals surface area contributed by atoms with Crippen LogP contribution >= 0.6 is 0 Å². The Bertz CT molecular complexity index is 817. The van der Waals surface area contributed by atoms with Gasteiger partial charge in [-0.05, 0) is 31.2 Å². The standard InChI is InChI=1S/C18H22N2O6/c1-10-5-15(11(2)18(26-10)17(24)16(23)8-21)20-7-12-6-13(25-9-22)3-4-14(12)19-20/h3-7,9,11,15-18,21,23-24H,8H2,1-2H3/t11-,15+,16?,17?,18-/m1/s1. The summed E-state index contributed by atoms with van der Waals surface area (Å²) < 4.78 is 12.3. The SMILES string of the molecule is CC1=C[C@H](n2cc3cc(OC=O)ccc3n2)[C@@H](C)[C@H](C(O)C(O)CO)O1. The summed E-state index contributed by atoms with van der Waals surface area (Å²) in [5, 5.41) is 34.5. The smallest absolute Gasteiger partial charge is 0.298 e. The molecule has 0 spiro atoms. The Morgan fingerprint density at radius 1 is 1.42 bits per heavy atom. The van der Waals surface area contributed by atoms with Crippen LogP contribution in [0.25, 0.3) is 10.9 Å². The van der Waals surface area contributed by atoms with Crippen LogP contribution in [0, 0.1) is 5.92 Å². The van der Waals surface area contributed by atoms with E-state index < -0.39 is 24.9 Å². The lowest BCUT2D eigenvalue weighted by Gasteiger charge is -2.38. The van der Waals surface area contributed by atoms with Gasteiger partial charge < -0.3 is 24.8 Å². The number of carbonyl (C=O) groups is 1. The Morgan fingerprint density at radius 3 is 2.88 bits per heavy atom. The Labute approximate surface area is 150 Å². The third-order valence-electron chi connectivity index (χ3n) is 4.69. The lowest BCUT2D eigenvalue weighted by atomic mass is 9.87. The second-order valence-electron chi connectivity index (χ2n) is 6.49. The highest BCUT2D eigenvalue weighted by Gasteiger charge is 2.39. The Kier molecular flexibility index (Phi) is 5.26. The van der Waals surface area contributed by atoms with Crippen molar-refractivity contribution in [3.8, 4) is 5.75 Å². The molecule has 1 aromatic heterocycles. The molecule has 8 nitrogen and oxygen atoms in total. The number of rotatable bonds is 6. The van der Waals surface area contributed by atoms with E-state index in [1.807, 2.05) is 19.2 Å². The van der Waals surface area contributed by atoms with Gasteiger partial charge >= 0.3 is 0 Å². The van der Waals surface area contributed by atoms with Crippen molar-refractivity contribution >= 4 is 17.4 Å². The van der Waals surface area contributed by atoms with E-state index in [1.165, 1.54) is 0 Å². The van der Waals surface area contributed by atoms with Gasteiger partial charge in [-0.15, -0.1) is 0 Å². The summed E-state index contributed by atoms with van der Waals surface area (Å²) in [5.41, 5.74) is 0.737. The van der Waals surface area contributed by atoms with Gasteiger partial charge in [0.1, 0.15) is 24.1 Å². The van der Waals surface area contributed by atoms with E-state index in [4.69, 9.17) is 14.6 Å². The van der Waals surface area contributed by atoms with E-state index >= 15 is 0 Å². The van der Waals surface area contributed by atoms with Crippen molar-refractivity contribution in [1.82, 2.24) is 9.78 Å². The first-order chi connectivity index (χ1) is 12.4. The fourth-order valence-corrected chi connectivity index (χ4v) is 3.28. The second kappa shape index (κ2) is 7.45. The van der Waals surface area contributed by atoms with Crippen LogP contribution in [-0.4, -0.2) is 56.5 Å². The number of aliphatic hydroxyl groups is 3. The van der Waals surface area contributed by atoms with Gasteiger partial charge in [-0.2, -0.15) is 5.10 Å². The molecule has 3 N–H and O–H groups in total. The number of fused-ring (bicyclic) bond motifs is 1. The van der Waals surface area contributed by atoms with Crippen molar-refractivity contribution in [2.45, 2.75) is 38.2 Å². The monoisotopic (exact) mass is 362 g/mol. The highest BCUT2D eigenvalue weighted by atomic mass is 16.5. The van der Waals surface area contributed by atoms with E-state index in [0.29, 0.717) is 18.0 Å². The molecular formula is C18H22N2O6. The van der Waals surface area contributed by atoms with Crippen molar-refractivity contribution in [3.05, 3.63) is 36.2 Å². The average Bonchev–Trinajstić information content (AvgIpc) is 3.05. The number of carbonyl (C=O) groups excluding carboxylic acids is 1. The molecule has 0 saturated carbocycles. The topological polar surface area (TPSA) is 114 Å². The number of hydrogen-bond donors (Lipinski definition) is 3. The Balaban J connectivity index is 1.93. The summed E-state index contributed by atoms with van der Waals surface area (Å²) in [6, 6.07) is 4.92. The second-order valence-corrected chi connectivity index (χ2v) is 6.49. The van der Waals surface area contributed by atoms with Gasteiger partial charge in [0.2, 0.25) is 0 Å². The zero-order valence-electron chi connectivity index (χ0n) is 14.5. The summed E-state index contributed by atoms with van der Waals surface area (Å²) in [6.07, 6.45) is 0.532. The first kappa shape index (κ1) is 18.4. The maximum Gasteiger partial charge on any atom is 0.298 e. The molecule has 2 heterocycles. The van der Waals surface area contributed by atoms with Crippen LogP contribution in [-0.2, 0) is 9.53 Å². The number of allylic oxidation sites excluding steroid dienone is 2. The van der Waals surface area contributed by atoms with Gasteiger partial charge in [0.05, 0.1) is 23.9 Å². The van der Waals surface area contributed by atoms with Crippen LogP contribution in [0.2, 0.25) is 0 Å². The maximum atomic E-state index is 10.5. The molecule has 0 amide bonds. The molecule has 0 radical (unpaired) electrons. The van der Waals surface area contributed by atoms with Gasteiger partial charge in [0.15, 0.2) is 0 Å². The fourth-order valence-electron chi connectivity index (χ4n) is 3.28. The van der Waals surface area contributed by atoms with Crippen LogP contribution in [0.4, 0.5) is 0 Å². The normalized spacial score (nSPS) is 25.3. The predicted molar refractivity (Wildman–Crippen MR) is 92.4 cm³/mol. The highest BCUT2D eigenvalue weighted by molar-refractivity contribution is 5.80. The van der Waals surface area contributed by atoms with Crippen molar-refractivity contribution in [1.29, 1.82) is 0 Å². The molecule has 8 heteroatoms. The van der Waals surface area contributed by atoms with E-state index in [1.54, 1.807) is 29.8 Å². The minimum atomic E-state index is -1.28. The molecule has 2 aromatic rings. The maximum absolute atomic E-state index is 10.5. The highest BCUT2D eigenvalue weighted by Crippen LogP contribution is 2.35. The average molecular weight is 362 g/mol. The molecule has 26 heavy (non-hydrogen) atoms. The molecule has 0 fully saturated rings. The van der Waals surface area contributed by atoms with Gasteiger partial charge in [-0.3, -0.25) is 9.48 Å². The zero-order chi connectivity index (χ0) is 18.8. The van der Waals surface area contributed by atoms with Crippen LogP contribution < -0.4 is 4.74 Å². The predicted octanol–water partition coefficient (Wildman–Crippen LogP) is 0.765. The van der Waals surface area contributed by atoms with Crippen LogP contribution in [0.3, 0.4) is 0 Å². The van der Waals surface area contributed by atoms with Crippen LogP contribution in [0.1, 0.15) is 19.9 Å². The Hall–Kier alpha value is -2.42. The fraction of sp³-hybridized carbons (Fsp3) is 0.444. The molecule has 0 aliphatic carbocycles. The molecule has 140 valence electrons. The minimum absolute atomic E-state index is 0.211. The summed E-state index contributed by atoms with van der Waals surface area (Å²) in [5.74, 6) is 0.819. The molecule has 5 atom stereocenters. The summed E-state index contributed by atoms with van der Waals surface area (Å²) in [4.78, 5) is 10.5. The number of aliphatic hydroxyl groups excluding tert-OH is 3. The largest absolute Gasteiger partial charge is 0.492 e. The molecule has 0 bridgehead atoms. The van der Waals surface area contributed by atoms with Crippen LogP contribution in [0.5, 0.6) is 5.75 Å². The van der Waals surface area contributed by atoms with Crippen LogP contribution in [0.15, 0.2) is 36.2 Å². The Morgan fingerprint density at radius 2 is 2.19 bits per heavy atom. The minimum Gasteiger partial charge on any atom is -0.492 e. The number of ether oxygens (including phenoxy) is 2. The van der Waals surface area contributed by atoms with E-state index in [0.717, 1.165) is 10.9 Å². The lowest BCUT2D eigenvalue weighted by molar-refractivity contribution is -0.120. The van der Waals surface area contributed by atoms with E-state index in [-0.39, 0.29) is 12.0 Å². The van der Waals surface area contributed by atoms with Gasteiger partial charge in [-0.1, -0.05) is 6.92 Å². The van der Waals surface area contributed by atoms with Gasteiger partial charge in [0.25, 0.3) is 6.47 Å². The number of aromatic nitrogens is 2. The van der Waals surface area contributed by atoms with Gasteiger partial charge in [-0.25, -0.2) is 0 Å². The quantitative estimate of drug-likeness (QED) is 0.650. The molecule has 1 aliphatic rings. The van der Waals surface area contributed by atoms with Gasteiger partial charge in [0, 0.05) is 17.5 Å². The van der Waals surface area contributed by atoms with Crippen molar-refractivity contribution in [3.63, 3.8) is 0 Å². The molecule has 3 rings (SSSR count). The third-order valence-corrected chi connectivity index (χ3v) is 4.69. The molecule has 1 aromatic carbocycles. The first-order valence-electron chi connectivity index (χ1n) is 8.36. The summed E-state index contributed by atoms with van der Waals surface area (Å²) in [6.45, 7) is 3.48. The molecular weight excluding hydrogens is 340 g/mol. The lowest BCUT2D eigenvalue weighted by Crippen LogP contribution is -2.47. The molecule has 0 saturated heterocycles. The molecule has 1 aliphatic heterocycles. The number of benzene rings is 1. The van der Waals surface area contributed by atoms with Crippen molar-refractivity contribution in [2.75, 3.05) is 6.61 Å². The summed E-state index contributed by atoms with van der Waals surface area (Å²) in [7, 11) is 0. The zero-order valence-corrected chi connectivity index (χ0v) is 14.5. The van der Waals surface area contributed by atoms with Crippen molar-refractivity contribution < 1.29 is 29.6 Å².